The van der Waals surface area contributed by atoms with Gasteiger partial charge in [-0.15, -0.1) is 0 Å². The Bertz CT molecular complexity index is 1190. The molecule has 3 aromatic rings. The van der Waals surface area contributed by atoms with Crippen LogP contribution in [0, 0.1) is 11.6 Å². The largest absolute Gasteiger partial charge is 0.366 e. The number of rotatable bonds is 4. The number of hydrogen-bond acceptors (Lipinski definition) is 6. The van der Waals surface area contributed by atoms with E-state index in [1.165, 1.54) is 6.07 Å². The molecule has 5 rings (SSSR count). The summed E-state index contributed by atoms with van der Waals surface area (Å²) in [6.45, 7) is 7.48. The van der Waals surface area contributed by atoms with Crippen LogP contribution < -0.4 is 14.7 Å². The highest BCUT2D eigenvalue weighted by molar-refractivity contribution is 6.33. The number of pyridine rings is 1. The van der Waals surface area contributed by atoms with E-state index in [0.717, 1.165) is 56.6 Å². The normalized spacial score (nSPS) is 20.8. The molecule has 0 spiro atoms. The molecule has 0 radical (unpaired) electrons. The second-order valence-electron chi connectivity index (χ2n) is 9.04. The quantitative estimate of drug-likeness (QED) is 0.509. The van der Waals surface area contributed by atoms with Crippen molar-refractivity contribution in [1.82, 2.24) is 15.0 Å². The predicted molar refractivity (Wildman–Crippen MR) is 132 cm³/mol. The van der Waals surface area contributed by atoms with Crippen LogP contribution in [0.1, 0.15) is 26.7 Å². The van der Waals surface area contributed by atoms with E-state index < -0.39 is 11.6 Å². The van der Waals surface area contributed by atoms with Gasteiger partial charge in [-0.05, 0) is 51.0 Å². The van der Waals surface area contributed by atoms with Crippen molar-refractivity contribution < 1.29 is 8.78 Å². The highest BCUT2D eigenvalue weighted by atomic mass is 35.5. The van der Waals surface area contributed by atoms with Crippen LogP contribution >= 0.6 is 11.6 Å². The van der Waals surface area contributed by atoms with E-state index in [-0.39, 0.29) is 6.04 Å². The molecule has 0 amide bonds. The zero-order chi connectivity index (χ0) is 23.8. The lowest BCUT2D eigenvalue weighted by Gasteiger charge is -2.42. The smallest absolute Gasteiger partial charge is 0.228 e. The van der Waals surface area contributed by atoms with Crippen LogP contribution in [0.2, 0.25) is 5.02 Å². The van der Waals surface area contributed by atoms with E-state index >= 15 is 0 Å². The lowest BCUT2D eigenvalue weighted by molar-refractivity contribution is 0.509. The summed E-state index contributed by atoms with van der Waals surface area (Å²) in [5.41, 5.74) is 2.09. The van der Waals surface area contributed by atoms with Crippen molar-refractivity contribution in [3.8, 4) is 11.3 Å². The average molecular weight is 485 g/mol. The van der Waals surface area contributed by atoms with Gasteiger partial charge >= 0.3 is 0 Å². The lowest BCUT2D eigenvalue weighted by atomic mass is 10.1. The van der Waals surface area contributed by atoms with Gasteiger partial charge in [-0.3, -0.25) is 4.98 Å². The van der Waals surface area contributed by atoms with Gasteiger partial charge in [0.05, 0.1) is 16.4 Å². The summed E-state index contributed by atoms with van der Waals surface area (Å²) in [6, 6.07) is 8.20. The summed E-state index contributed by atoms with van der Waals surface area (Å²) in [4.78, 5) is 20.5. The van der Waals surface area contributed by atoms with E-state index in [1.54, 1.807) is 18.5 Å². The molecular formula is C25H27ClF2N6. The van der Waals surface area contributed by atoms with E-state index in [4.69, 9.17) is 21.6 Å². The van der Waals surface area contributed by atoms with Crippen molar-refractivity contribution in [2.75, 3.05) is 40.9 Å². The summed E-state index contributed by atoms with van der Waals surface area (Å²) >= 11 is 6.38. The van der Waals surface area contributed by atoms with Crippen molar-refractivity contribution >= 4 is 29.1 Å². The Morgan fingerprint density at radius 1 is 0.941 bits per heavy atom. The van der Waals surface area contributed by atoms with E-state index in [9.17, 15) is 8.78 Å². The number of hydrogen-bond donors (Lipinski definition) is 0. The molecule has 178 valence electrons. The minimum absolute atomic E-state index is 0.148. The highest BCUT2D eigenvalue weighted by Crippen LogP contribution is 2.32. The fourth-order valence-electron chi connectivity index (χ4n) is 4.87. The van der Waals surface area contributed by atoms with Gasteiger partial charge in [-0.2, -0.15) is 4.98 Å². The Hall–Kier alpha value is -3.00. The molecule has 1 unspecified atom stereocenters. The van der Waals surface area contributed by atoms with Gasteiger partial charge in [0.25, 0.3) is 0 Å². The van der Waals surface area contributed by atoms with Crippen molar-refractivity contribution in [2.24, 2.45) is 0 Å². The van der Waals surface area contributed by atoms with Crippen molar-refractivity contribution in [1.29, 1.82) is 0 Å². The molecule has 34 heavy (non-hydrogen) atoms. The number of halogens is 3. The van der Waals surface area contributed by atoms with Crippen LogP contribution in [0.4, 0.5) is 26.2 Å². The first-order valence-electron chi connectivity index (χ1n) is 11.6. The topological polar surface area (TPSA) is 48.4 Å². The second kappa shape index (κ2) is 9.33. The molecule has 6 nitrogen and oxygen atoms in total. The highest BCUT2D eigenvalue weighted by Gasteiger charge is 2.29. The van der Waals surface area contributed by atoms with Gasteiger partial charge in [-0.25, -0.2) is 13.8 Å². The first-order valence-corrected chi connectivity index (χ1v) is 12.0. The molecule has 0 bridgehead atoms. The van der Waals surface area contributed by atoms with Crippen molar-refractivity contribution in [3.05, 3.63) is 59.4 Å². The lowest BCUT2D eigenvalue weighted by Crippen LogP contribution is -2.52. The summed E-state index contributed by atoms with van der Waals surface area (Å²) in [7, 11) is 0. The van der Waals surface area contributed by atoms with Crippen molar-refractivity contribution in [3.63, 3.8) is 0 Å². The van der Waals surface area contributed by atoms with Gasteiger partial charge in [0.15, 0.2) is 11.6 Å². The molecule has 2 saturated heterocycles. The Labute approximate surface area is 203 Å². The van der Waals surface area contributed by atoms with Crippen LogP contribution in [0.15, 0.2) is 42.7 Å². The van der Waals surface area contributed by atoms with E-state index in [2.05, 4.69) is 33.5 Å². The number of anilines is 3. The van der Waals surface area contributed by atoms with Crippen LogP contribution in [-0.4, -0.2) is 53.2 Å². The zero-order valence-electron chi connectivity index (χ0n) is 19.3. The Morgan fingerprint density at radius 2 is 1.79 bits per heavy atom. The maximum Gasteiger partial charge on any atom is 0.228 e. The number of aromatic nitrogens is 3. The second-order valence-corrected chi connectivity index (χ2v) is 9.45. The summed E-state index contributed by atoms with van der Waals surface area (Å²) in [6.07, 6.45) is 5.57. The Morgan fingerprint density at radius 3 is 2.50 bits per heavy atom. The SMILES string of the molecule is CC1CCCN1c1nc(-c2ccc(F)c(F)c2)cc(N2CCN(c3ccncc3Cl)C[C@H]2C)n1. The molecule has 2 aliphatic heterocycles. The number of benzene rings is 1. The molecular weight excluding hydrogens is 458 g/mol. The van der Waals surface area contributed by atoms with E-state index in [0.29, 0.717) is 28.3 Å². The maximum atomic E-state index is 14.0. The molecule has 4 heterocycles. The maximum absolute atomic E-state index is 14.0. The summed E-state index contributed by atoms with van der Waals surface area (Å²) in [5.74, 6) is -0.332. The third-order valence-corrected chi connectivity index (χ3v) is 7.03. The van der Waals surface area contributed by atoms with Gasteiger partial charge in [-0.1, -0.05) is 11.6 Å². The molecule has 2 atom stereocenters. The van der Waals surface area contributed by atoms with Gasteiger partial charge in [0.2, 0.25) is 5.95 Å². The van der Waals surface area contributed by atoms with Crippen LogP contribution in [0.5, 0.6) is 0 Å². The van der Waals surface area contributed by atoms with Gasteiger partial charge < -0.3 is 14.7 Å². The molecule has 9 heteroatoms. The molecule has 2 aromatic heterocycles. The Kier molecular flexibility index (Phi) is 6.25. The fourth-order valence-corrected chi connectivity index (χ4v) is 5.11. The summed E-state index contributed by atoms with van der Waals surface area (Å²) in [5, 5.41) is 0.635. The third kappa shape index (κ3) is 4.39. The fraction of sp³-hybridized carbons (Fsp3) is 0.400. The minimum atomic E-state index is -0.884. The molecule has 0 N–H and O–H groups in total. The third-order valence-electron chi connectivity index (χ3n) is 6.74. The van der Waals surface area contributed by atoms with Crippen LogP contribution in [0.3, 0.4) is 0 Å². The molecule has 2 aliphatic rings. The zero-order valence-corrected chi connectivity index (χ0v) is 20.0. The molecule has 0 aliphatic carbocycles. The summed E-state index contributed by atoms with van der Waals surface area (Å²) < 4.78 is 27.6. The predicted octanol–water partition coefficient (Wildman–Crippen LogP) is 5.17. The minimum Gasteiger partial charge on any atom is -0.366 e. The monoisotopic (exact) mass is 484 g/mol. The van der Waals surface area contributed by atoms with Gasteiger partial charge in [0.1, 0.15) is 5.82 Å². The molecule has 2 fully saturated rings. The molecule has 1 aromatic carbocycles. The molecule has 0 saturated carbocycles. The first-order chi connectivity index (χ1) is 16.4. The first kappa shape index (κ1) is 22.8. The Balaban J connectivity index is 1.49. The standard InChI is InChI=1S/C25H27ClF2N6/c1-16-4-3-9-34(16)25-30-22(18-5-6-20(27)21(28)12-18)13-24(31-25)33-11-10-32(15-17(33)2)23-7-8-29-14-19(23)26/h5-8,12-14,16-17H,3-4,9-11,15H2,1-2H3/t16?,17-/m1/s1. The van der Waals surface area contributed by atoms with Crippen molar-refractivity contribution in [2.45, 2.75) is 38.8 Å². The van der Waals surface area contributed by atoms with Crippen LogP contribution in [-0.2, 0) is 0 Å². The van der Waals surface area contributed by atoms with Crippen LogP contribution in [0.25, 0.3) is 11.3 Å². The number of piperazine rings is 1. The van der Waals surface area contributed by atoms with Gasteiger partial charge in [0, 0.05) is 62.3 Å². The number of nitrogens with zero attached hydrogens (tertiary/aromatic N) is 6. The average Bonchev–Trinajstić information content (AvgIpc) is 3.26. The van der Waals surface area contributed by atoms with E-state index in [1.807, 2.05) is 12.1 Å².